The molecule has 0 N–H and O–H groups in total. The van der Waals surface area contributed by atoms with Gasteiger partial charge in [0.25, 0.3) is 0 Å². The Bertz CT molecular complexity index is 534. The van der Waals surface area contributed by atoms with Crippen LogP contribution in [0.2, 0.25) is 0 Å². The summed E-state index contributed by atoms with van der Waals surface area (Å²) in [4.78, 5) is 15.6. The van der Waals surface area contributed by atoms with Crippen LogP contribution in [-0.4, -0.2) is 10.8 Å². The zero-order valence-electron chi connectivity index (χ0n) is 9.48. The van der Waals surface area contributed by atoms with Gasteiger partial charge in [-0.05, 0) is 24.6 Å². The van der Waals surface area contributed by atoms with Crippen molar-refractivity contribution in [1.29, 1.82) is 0 Å². The summed E-state index contributed by atoms with van der Waals surface area (Å²) in [5.74, 6) is -0.864. The minimum Gasteiger partial charge on any atom is -0.292 e. The lowest BCUT2D eigenvalue weighted by Gasteiger charge is -2.02. The Hall–Kier alpha value is -2.03. The van der Waals surface area contributed by atoms with Crippen LogP contribution in [0.4, 0.5) is 4.39 Å². The first-order chi connectivity index (χ1) is 8.16. The third kappa shape index (κ3) is 2.75. The van der Waals surface area contributed by atoms with Crippen LogP contribution < -0.4 is 0 Å². The number of halogens is 1. The van der Waals surface area contributed by atoms with Gasteiger partial charge in [-0.25, -0.2) is 4.39 Å². The highest BCUT2D eigenvalue weighted by molar-refractivity contribution is 5.95. The molecule has 0 unspecified atom stereocenters. The van der Waals surface area contributed by atoms with E-state index in [9.17, 15) is 9.18 Å². The molecule has 2 nitrogen and oxygen atoms in total. The van der Waals surface area contributed by atoms with E-state index in [1.54, 1.807) is 0 Å². The Morgan fingerprint density at radius 2 is 1.94 bits per heavy atom. The molecule has 0 spiro atoms. The van der Waals surface area contributed by atoms with Crippen LogP contribution in [0.3, 0.4) is 0 Å². The van der Waals surface area contributed by atoms with Gasteiger partial charge in [0.15, 0.2) is 11.6 Å². The van der Waals surface area contributed by atoms with E-state index in [2.05, 4.69) is 4.98 Å². The first-order valence-electron chi connectivity index (χ1n) is 5.36. The van der Waals surface area contributed by atoms with Crippen LogP contribution in [0.5, 0.6) is 0 Å². The summed E-state index contributed by atoms with van der Waals surface area (Å²) in [7, 11) is 0. The molecule has 0 atom stereocenters. The van der Waals surface area contributed by atoms with Gasteiger partial charge in [-0.2, -0.15) is 0 Å². The molecular weight excluding hydrogens is 217 g/mol. The van der Waals surface area contributed by atoms with Crippen LogP contribution in [0, 0.1) is 12.7 Å². The van der Waals surface area contributed by atoms with Crippen molar-refractivity contribution in [1.82, 2.24) is 4.98 Å². The topological polar surface area (TPSA) is 30.0 Å². The smallest absolute Gasteiger partial charge is 0.188 e. The zero-order valence-corrected chi connectivity index (χ0v) is 9.48. The fourth-order valence-electron chi connectivity index (χ4n) is 1.57. The number of carbonyl (C=O) groups excluding carboxylic acids is 1. The molecule has 0 fully saturated rings. The van der Waals surface area contributed by atoms with Crippen LogP contribution in [0.15, 0.2) is 42.6 Å². The lowest BCUT2D eigenvalue weighted by atomic mass is 10.1. The lowest BCUT2D eigenvalue weighted by molar-refractivity contribution is 0.0984. The minimum atomic E-state index is -0.565. The van der Waals surface area contributed by atoms with Gasteiger partial charge in [-0.15, -0.1) is 0 Å². The molecule has 0 radical (unpaired) electrons. The molecule has 86 valence electrons. The Labute approximate surface area is 99.1 Å². The molecule has 0 saturated carbocycles. The minimum absolute atomic E-state index is 0.0897. The van der Waals surface area contributed by atoms with E-state index in [1.807, 2.05) is 31.2 Å². The molecule has 0 amide bonds. The van der Waals surface area contributed by atoms with Gasteiger partial charge in [-0.3, -0.25) is 9.78 Å². The van der Waals surface area contributed by atoms with Crippen molar-refractivity contribution in [2.75, 3.05) is 0 Å². The lowest BCUT2D eigenvalue weighted by Crippen LogP contribution is -2.08. The first kappa shape index (κ1) is 11.5. The maximum atomic E-state index is 13.3. The van der Waals surface area contributed by atoms with E-state index in [0.717, 1.165) is 11.1 Å². The predicted octanol–water partition coefficient (Wildman–Crippen LogP) is 2.95. The number of aromatic nitrogens is 1. The Morgan fingerprint density at radius 3 is 2.59 bits per heavy atom. The van der Waals surface area contributed by atoms with Crippen LogP contribution in [0.25, 0.3) is 0 Å². The second-order valence-electron chi connectivity index (χ2n) is 3.92. The molecule has 0 bridgehead atoms. The van der Waals surface area contributed by atoms with Crippen molar-refractivity contribution in [3.63, 3.8) is 0 Å². The fraction of sp³-hybridized carbons (Fsp3) is 0.143. The molecular formula is C14H12FNO. The molecule has 0 aliphatic rings. The van der Waals surface area contributed by atoms with E-state index in [0.29, 0.717) is 0 Å². The van der Waals surface area contributed by atoms with Gasteiger partial charge in [0.1, 0.15) is 5.69 Å². The summed E-state index contributed by atoms with van der Waals surface area (Å²) in [6.07, 6.45) is 1.60. The summed E-state index contributed by atoms with van der Waals surface area (Å²) in [5, 5.41) is 0. The standard InChI is InChI=1S/C14H12FNO/c1-10-4-6-11(7-5-10)9-13(17)14-12(15)3-2-8-16-14/h2-8H,9H2,1H3. The second-order valence-corrected chi connectivity index (χ2v) is 3.92. The maximum absolute atomic E-state index is 13.3. The van der Waals surface area contributed by atoms with Crippen molar-refractivity contribution >= 4 is 5.78 Å². The number of carbonyl (C=O) groups is 1. The van der Waals surface area contributed by atoms with E-state index < -0.39 is 5.82 Å². The Balaban J connectivity index is 2.17. The molecule has 2 aromatic rings. The molecule has 17 heavy (non-hydrogen) atoms. The highest BCUT2D eigenvalue weighted by atomic mass is 19.1. The fourth-order valence-corrected chi connectivity index (χ4v) is 1.57. The number of hydrogen-bond acceptors (Lipinski definition) is 2. The van der Waals surface area contributed by atoms with Gasteiger partial charge in [0.2, 0.25) is 0 Å². The largest absolute Gasteiger partial charge is 0.292 e. The summed E-state index contributed by atoms with van der Waals surface area (Å²) in [5.41, 5.74) is 1.91. The third-order valence-corrected chi connectivity index (χ3v) is 2.51. The predicted molar refractivity (Wildman–Crippen MR) is 63.4 cm³/mol. The van der Waals surface area contributed by atoms with E-state index in [-0.39, 0.29) is 17.9 Å². The Kier molecular flexibility index (Phi) is 3.28. The first-order valence-corrected chi connectivity index (χ1v) is 5.36. The number of hydrogen-bond donors (Lipinski definition) is 0. The monoisotopic (exact) mass is 229 g/mol. The average molecular weight is 229 g/mol. The highest BCUT2D eigenvalue weighted by Gasteiger charge is 2.12. The number of ketones is 1. The van der Waals surface area contributed by atoms with Crippen molar-refractivity contribution in [3.8, 4) is 0 Å². The number of nitrogens with zero attached hydrogens (tertiary/aromatic N) is 1. The molecule has 1 aromatic heterocycles. The number of rotatable bonds is 3. The maximum Gasteiger partial charge on any atom is 0.188 e. The molecule has 0 aliphatic heterocycles. The molecule has 1 heterocycles. The summed E-state index contributed by atoms with van der Waals surface area (Å²) in [6.45, 7) is 1.98. The van der Waals surface area contributed by atoms with Gasteiger partial charge in [-0.1, -0.05) is 29.8 Å². The zero-order chi connectivity index (χ0) is 12.3. The molecule has 3 heteroatoms. The van der Waals surface area contributed by atoms with Crippen molar-refractivity contribution in [2.24, 2.45) is 0 Å². The highest BCUT2D eigenvalue weighted by Crippen LogP contribution is 2.09. The van der Waals surface area contributed by atoms with E-state index in [4.69, 9.17) is 0 Å². The van der Waals surface area contributed by atoms with E-state index >= 15 is 0 Å². The summed E-state index contributed by atoms with van der Waals surface area (Å²) in [6, 6.07) is 10.3. The summed E-state index contributed by atoms with van der Waals surface area (Å²) >= 11 is 0. The van der Waals surface area contributed by atoms with Crippen LogP contribution in [-0.2, 0) is 6.42 Å². The number of benzene rings is 1. The summed E-state index contributed by atoms with van der Waals surface area (Å²) < 4.78 is 13.3. The third-order valence-electron chi connectivity index (χ3n) is 2.51. The normalized spacial score (nSPS) is 10.2. The molecule has 0 aliphatic carbocycles. The van der Waals surface area contributed by atoms with Gasteiger partial charge >= 0.3 is 0 Å². The second kappa shape index (κ2) is 4.87. The molecule has 1 aromatic carbocycles. The van der Waals surface area contributed by atoms with Crippen LogP contribution >= 0.6 is 0 Å². The van der Waals surface area contributed by atoms with Crippen molar-refractivity contribution in [3.05, 3.63) is 65.2 Å². The van der Waals surface area contributed by atoms with Crippen molar-refractivity contribution in [2.45, 2.75) is 13.3 Å². The van der Waals surface area contributed by atoms with E-state index in [1.165, 1.54) is 18.3 Å². The van der Waals surface area contributed by atoms with Gasteiger partial charge in [0.05, 0.1) is 0 Å². The quantitative estimate of drug-likeness (QED) is 0.757. The molecule has 0 saturated heterocycles. The number of pyridine rings is 1. The van der Waals surface area contributed by atoms with Crippen LogP contribution in [0.1, 0.15) is 21.6 Å². The average Bonchev–Trinajstić information content (AvgIpc) is 2.32. The van der Waals surface area contributed by atoms with Crippen molar-refractivity contribution < 1.29 is 9.18 Å². The number of aryl methyl sites for hydroxylation is 1. The number of Topliss-reactive ketones (excluding diaryl/α,β-unsaturated/α-hetero) is 1. The van der Waals surface area contributed by atoms with Gasteiger partial charge < -0.3 is 0 Å². The SMILES string of the molecule is Cc1ccc(CC(=O)c2ncccc2F)cc1. The molecule has 2 rings (SSSR count). The Morgan fingerprint density at radius 1 is 1.24 bits per heavy atom. The van der Waals surface area contributed by atoms with Gasteiger partial charge in [0, 0.05) is 12.6 Å².